The molecule has 1 aliphatic carbocycles. The van der Waals surface area contributed by atoms with Crippen LogP contribution < -0.4 is 10.1 Å². The number of amides is 1. The van der Waals surface area contributed by atoms with Crippen LogP contribution in [-0.2, 0) is 5.54 Å². The second-order valence-corrected chi connectivity index (χ2v) is 9.58. The number of ether oxygens (including phenoxy) is 1. The van der Waals surface area contributed by atoms with Crippen LogP contribution in [-0.4, -0.2) is 42.0 Å². The van der Waals surface area contributed by atoms with Crippen LogP contribution in [0.2, 0.25) is 0 Å². The summed E-state index contributed by atoms with van der Waals surface area (Å²) >= 11 is 0. The van der Waals surface area contributed by atoms with Gasteiger partial charge in [-0.2, -0.15) is 0 Å². The SMILES string of the molecule is Cc1cc(C2(NC(=O)c3cc(OCC4CCN4C)ccc3C)CC2)c2ccc(C)nc2c1. The summed E-state index contributed by atoms with van der Waals surface area (Å²) in [5.41, 5.74) is 5.65. The molecule has 2 fully saturated rings. The minimum Gasteiger partial charge on any atom is -0.492 e. The molecular weight excluding hydrogens is 398 g/mol. The standard InChI is InChI=1S/C27H31N3O2/c1-17-13-24(22-8-6-19(3)28-25(22)14-17)27(10-11-27)29-26(31)23-15-21(7-5-18(23)2)32-16-20-9-12-30(20)4/h5-8,13-15,20H,9-12,16H2,1-4H3,(H,29,31). The van der Waals surface area contributed by atoms with Crippen molar-refractivity contribution in [2.45, 2.75) is 51.6 Å². The first-order valence-corrected chi connectivity index (χ1v) is 11.5. The van der Waals surface area contributed by atoms with Gasteiger partial charge in [-0.3, -0.25) is 14.7 Å². The van der Waals surface area contributed by atoms with E-state index in [2.05, 4.69) is 42.4 Å². The minimum absolute atomic E-state index is 0.0408. The number of aromatic nitrogens is 1. The molecule has 0 radical (unpaired) electrons. The third-order valence-corrected chi connectivity index (χ3v) is 7.04. The number of rotatable bonds is 6. The van der Waals surface area contributed by atoms with Gasteiger partial charge in [-0.05, 0) is 94.6 Å². The maximum atomic E-state index is 13.4. The first-order valence-electron chi connectivity index (χ1n) is 11.5. The number of nitrogens with one attached hydrogen (secondary N) is 1. The van der Waals surface area contributed by atoms with E-state index in [9.17, 15) is 4.79 Å². The Hall–Kier alpha value is -2.92. The number of likely N-dealkylation sites (tertiary alicyclic amines) is 1. The minimum atomic E-state index is -0.323. The Morgan fingerprint density at radius 1 is 1.16 bits per heavy atom. The van der Waals surface area contributed by atoms with Gasteiger partial charge >= 0.3 is 0 Å². The van der Waals surface area contributed by atoms with Crippen LogP contribution in [0.25, 0.3) is 10.9 Å². The Morgan fingerprint density at radius 2 is 1.97 bits per heavy atom. The van der Waals surface area contributed by atoms with E-state index in [1.54, 1.807) is 0 Å². The lowest BCUT2D eigenvalue weighted by atomic mass is 9.96. The van der Waals surface area contributed by atoms with Crippen LogP contribution in [0.5, 0.6) is 5.75 Å². The topological polar surface area (TPSA) is 54.5 Å². The molecule has 2 aromatic carbocycles. The first-order chi connectivity index (χ1) is 15.3. The molecule has 1 saturated heterocycles. The molecule has 1 unspecified atom stereocenters. The van der Waals surface area contributed by atoms with E-state index in [1.807, 2.05) is 38.1 Å². The highest BCUT2D eigenvalue weighted by atomic mass is 16.5. The number of hydrogen-bond acceptors (Lipinski definition) is 4. The molecule has 166 valence electrons. The van der Waals surface area contributed by atoms with Crippen LogP contribution in [0.15, 0.2) is 42.5 Å². The lowest BCUT2D eigenvalue weighted by molar-refractivity contribution is 0.0767. The highest BCUT2D eigenvalue weighted by molar-refractivity contribution is 5.97. The fraction of sp³-hybridized carbons (Fsp3) is 0.407. The second-order valence-electron chi connectivity index (χ2n) is 9.58. The molecule has 1 atom stereocenters. The molecule has 1 amide bonds. The van der Waals surface area contributed by atoms with Crippen molar-refractivity contribution < 1.29 is 9.53 Å². The maximum absolute atomic E-state index is 13.4. The zero-order chi connectivity index (χ0) is 22.5. The molecule has 1 saturated carbocycles. The molecule has 1 aromatic heterocycles. The first kappa shape index (κ1) is 21.0. The van der Waals surface area contributed by atoms with Gasteiger partial charge in [0.15, 0.2) is 0 Å². The third-order valence-electron chi connectivity index (χ3n) is 7.04. The predicted octanol–water partition coefficient (Wildman–Crippen LogP) is 4.66. The molecule has 32 heavy (non-hydrogen) atoms. The summed E-state index contributed by atoms with van der Waals surface area (Å²) in [6, 6.07) is 14.8. The van der Waals surface area contributed by atoms with Crippen LogP contribution in [0.4, 0.5) is 0 Å². The lowest BCUT2D eigenvalue weighted by Gasteiger charge is -2.37. The summed E-state index contributed by atoms with van der Waals surface area (Å²) < 4.78 is 6.01. The fourth-order valence-corrected chi connectivity index (χ4v) is 4.65. The summed E-state index contributed by atoms with van der Waals surface area (Å²) in [6.45, 7) is 7.87. The summed E-state index contributed by atoms with van der Waals surface area (Å²) in [6.07, 6.45) is 3.04. The van der Waals surface area contributed by atoms with Gasteiger partial charge in [0, 0.05) is 22.7 Å². The van der Waals surface area contributed by atoms with E-state index in [1.165, 1.54) is 11.1 Å². The van der Waals surface area contributed by atoms with Crippen LogP contribution >= 0.6 is 0 Å². The van der Waals surface area contributed by atoms with Crippen LogP contribution in [0, 0.1) is 20.8 Å². The van der Waals surface area contributed by atoms with Crippen molar-refractivity contribution in [2.24, 2.45) is 0 Å². The monoisotopic (exact) mass is 429 g/mol. The highest BCUT2D eigenvalue weighted by Crippen LogP contribution is 2.48. The summed E-state index contributed by atoms with van der Waals surface area (Å²) in [5, 5.41) is 4.49. The molecule has 0 bridgehead atoms. The van der Waals surface area contributed by atoms with Crippen molar-refractivity contribution in [1.82, 2.24) is 15.2 Å². The van der Waals surface area contributed by atoms with Crippen molar-refractivity contribution in [3.05, 3.63) is 70.4 Å². The molecule has 5 heteroatoms. The molecule has 5 nitrogen and oxygen atoms in total. The zero-order valence-corrected chi connectivity index (χ0v) is 19.4. The average molecular weight is 430 g/mol. The number of likely N-dealkylation sites (N-methyl/N-ethyl adjacent to an activating group) is 1. The Bertz CT molecular complexity index is 1190. The van der Waals surface area contributed by atoms with Gasteiger partial charge in [-0.15, -0.1) is 0 Å². The van der Waals surface area contributed by atoms with Gasteiger partial charge in [-0.1, -0.05) is 18.2 Å². The summed E-state index contributed by atoms with van der Waals surface area (Å²) in [5.74, 6) is 0.715. The van der Waals surface area contributed by atoms with Gasteiger partial charge in [-0.25, -0.2) is 0 Å². The van der Waals surface area contributed by atoms with Gasteiger partial charge < -0.3 is 10.1 Å². The van der Waals surface area contributed by atoms with Crippen molar-refractivity contribution >= 4 is 16.8 Å². The van der Waals surface area contributed by atoms with Gasteiger partial charge in [0.25, 0.3) is 5.91 Å². The Labute approximate surface area is 189 Å². The largest absolute Gasteiger partial charge is 0.492 e. The number of fused-ring (bicyclic) bond motifs is 1. The molecule has 3 aromatic rings. The van der Waals surface area contributed by atoms with E-state index in [4.69, 9.17) is 9.72 Å². The lowest BCUT2D eigenvalue weighted by Crippen LogP contribution is -2.48. The smallest absolute Gasteiger partial charge is 0.252 e. The van der Waals surface area contributed by atoms with Crippen molar-refractivity contribution in [1.29, 1.82) is 0 Å². The summed E-state index contributed by atoms with van der Waals surface area (Å²) in [4.78, 5) is 20.4. The Morgan fingerprint density at radius 3 is 2.66 bits per heavy atom. The highest BCUT2D eigenvalue weighted by Gasteiger charge is 2.47. The van der Waals surface area contributed by atoms with E-state index in [0.29, 0.717) is 18.2 Å². The van der Waals surface area contributed by atoms with Crippen molar-refractivity contribution in [3.8, 4) is 5.75 Å². The van der Waals surface area contributed by atoms with E-state index in [0.717, 1.165) is 53.7 Å². The third kappa shape index (κ3) is 3.86. The number of aryl methyl sites for hydroxylation is 3. The molecule has 5 rings (SSSR count). The number of carbonyl (C=O) groups is 1. The Kier molecular flexibility index (Phi) is 5.17. The maximum Gasteiger partial charge on any atom is 0.252 e. The fourth-order valence-electron chi connectivity index (χ4n) is 4.65. The van der Waals surface area contributed by atoms with Crippen LogP contribution in [0.3, 0.4) is 0 Å². The predicted molar refractivity (Wildman–Crippen MR) is 127 cm³/mol. The van der Waals surface area contributed by atoms with E-state index in [-0.39, 0.29) is 11.4 Å². The Balaban J connectivity index is 1.39. The zero-order valence-electron chi connectivity index (χ0n) is 19.4. The van der Waals surface area contributed by atoms with Gasteiger partial charge in [0.2, 0.25) is 0 Å². The van der Waals surface area contributed by atoms with E-state index < -0.39 is 0 Å². The molecule has 1 aliphatic heterocycles. The molecule has 0 spiro atoms. The number of benzene rings is 2. The number of carbonyl (C=O) groups excluding carboxylic acids is 1. The molecule has 2 heterocycles. The van der Waals surface area contributed by atoms with E-state index >= 15 is 0 Å². The molecular formula is C27H31N3O2. The second kappa shape index (κ2) is 7.89. The van der Waals surface area contributed by atoms with Gasteiger partial charge in [0.1, 0.15) is 12.4 Å². The van der Waals surface area contributed by atoms with Crippen molar-refractivity contribution in [2.75, 3.05) is 20.2 Å². The normalized spacial score (nSPS) is 19.4. The number of hydrogen-bond donors (Lipinski definition) is 1. The number of nitrogens with zero attached hydrogens (tertiary/aromatic N) is 2. The molecule has 1 N–H and O–H groups in total. The summed E-state index contributed by atoms with van der Waals surface area (Å²) in [7, 11) is 2.12. The van der Waals surface area contributed by atoms with Gasteiger partial charge in [0.05, 0.1) is 11.1 Å². The quantitative estimate of drug-likeness (QED) is 0.619. The van der Waals surface area contributed by atoms with Crippen LogP contribution in [0.1, 0.15) is 52.0 Å². The van der Waals surface area contributed by atoms with Crippen molar-refractivity contribution in [3.63, 3.8) is 0 Å². The number of pyridine rings is 1. The average Bonchev–Trinajstić information content (AvgIpc) is 3.53. The molecule has 2 aliphatic rings.